The molecule has 0 aliphatic carbocycles. The van der Waals surface area contributed by atoms with Gasteiger partial charge in [-0.25, -0.2) is 0 Å². The number of carbonyl (C=O) groups excluding carboxylic acids is 1. The van der Waals surface area contributed by atoms with Crippen molar-refractivity contribution in [2.45, 2.75) is 11.8 Å². The Morgan fingerprint density at radius 2 is 2.09 bits per heavy atom. The molecule has 1 aromatic heterocycles. The molecular weight excluding hydrogens is 206 g/mol. The van der Waals surface area contributed by atoms with Crippen LogP contribution in [-0.2, 0) is 0 Å². The number of Topliss-reactive ketones (excluding diaryl/α,β-unsaturated/α-hetero) is 1. The van der Waals surface area contributed by atoms with Gasteiger partial charge in [0.05, 0.1) is 4.83 Å². The van der Waals surface area contributed by atoms with Gasteiger partial charge in [-0.05, 0) is 19.1 Å². The van der Waals surface area contributed by atoms with Crippen molar-refractivity contribution in [3.8, 4) is 0 Å². The van der Waals surface area contributed by atoms with E-state index in [1.165, 1.54) is 0 Å². The van der Waals surface area contributed by atoms with Crippen LogP contribution in [0.2, 0.25) is 0 Å². The number of alkyl halides is 1. The summed E-state index contributed by atoms with van der Waals surface area (Å²) in [5.74, 6) is 0.0902. The monoisotopic (exact) mass is 213 g/mol. The number of carbonyl (C=O) groups is 1. The zero-order valence-corrected chi connectivity index (χ0v) is 7.71. The van der Waals surface area contributed by atoms with Crippen molar-refractivity contribution in [3.63, 3.8) is 0 Å². The Morgan fingerprint density at radius 1 is 1.55 bits per heavy atom. The van der Waals surface area contributed by atoms with Crippen molar-refractivity contribution in [3.05, 3.63) is 30.1 Å². The number of hydrogen-bond donors (Lipinski definition) is 0. The van der Waals surface area contributed by atoms with Gasteiger partial charge < -0.3 is 0 Å². The summed E-state index contributed by atoms with van der Waals surface area (Å²) in [5, 5.41) is 0. The van der Waals surface area contributed by atoms with Crippen LogP contribution >= 0.6 is 15.9 Å². The highest BCUT2D eigenvalue weighted by atomic mass is 79.9. The van der Waals surface area contributed by atoms with Gasteiger partial charge in [0, 0.05) is 18.0 Å². The van der Waals surface area contributed by atoms with E-state index in [2.05, 4.69) is 20.9 Å². The largest absolute Gasteiger partial charge is 0.293 e. The first kappa shape index (κ1) is 8.40. The second-order valence-corrected chi connectivity index (χ2v) is 3.59. The van der Waals surface area contributed by atoms with Crippen LogP contribution in [-0.4, -0.2) is 15.6 Å². The molecule has 58 valence electrons. The van der Waals surface area contributed by atoms with Crippen LogP contribution in [0, 0.1) is 0 Å². The highest BCUT2D eigenvalue weighted by molar-refractivity contribution is 9.10. The second kappa shape index (κ2) is 3.62. The van der Waals surface area contributed by atoms with E-state index in [9.17, 15) is 4.79 Å². The highest BCUT2D eigenvalue weighted by Gasteiger charge is 2.10. The molecule has 3 heteroatoms. The number of pyridine rings is 1. The number of rotatable bonds is 2. The third kappa shape index (κ3) is 2.12. The van der Waals surface area contributed by atoms with Crippen molar-refractivity contribution >= 4 is 21.7 Å². The van der Waals surface area contributed by atoms with E-state index < -0.39 is 0 Å². The van der Waals surface area contributed by atoms with Crippen molar-refractivity contribution in [1.82, 2.24) is 4.98 Å². The molecule has 1 atom stereocenters. The Kier molecular flexibility index (Phi) is 2.76. The van der Waals surface area contributed by atoms with Gasteiger partial charge in [0.25, 0.3) is 0 Å². The van der Waals surface area contributed by atoms with E-state index in [1.54, 1.807) is 24.5 Å². The molecule has 0 aromatic carbocycles. The molecule has 1 aromatic rings. The Balaban J connectivity index is 2.86. The van der Waals surface area contributed by atoms with Gasteiger partial charge in [0.1, 0.15) is 0 Å². The van der Waals surface area contributed by atoms with Crippen molar-refractivity contribution in [2.75, 3.05) is 0 Å². The molecule has 0 aliphatic rings. The number of halogens is 1. The minimum Gasteiger partial charge on any atom is -0.293 e. The predicted octanol–water partition coefficient (Wildman–Crippen LogP) is 2.05. The van der Waals surface area contributed by atoms with E-state index in [4.69, 9.17) is 0 Å². The van der Waals surface area contributed by atoms with Crippen LogP contribution in [0.25, 0.3) is 0 Å². The Hall–Kier alpha value is -0.700. The standard InChI is InChI=1S/C8H8BrNO/c1-6(9)8(11)7-2-4-10-5-3-7/h2-6H,1H3. The lowest BCUT2D eigenvalue weighted by Gasteiger charge is -2.00. The summed E-state index contributed by atoms with van der Waals surface area (Å²) in [5.41, 5.74) is 0.698. The predicted molar refractivity (Wildman–Crippen MR) is 47.0 cm³/mol. The van der Waals surface area contributed by atoms with Gasteiger partial charge in [0.15, 0.2) is 5.78 Å². The maximum atomic E-state index is 11.3. The van der Waals surface area contributed by atoms with Crippen molar-refractivity contribution in [2.24, 2.45) is 0 Å². The minimum atomic E-state index is -0.120. The molecule has 0 amide bonds. The number of aromatic nitrogens is 1. The van der Waals surface area contributed by atoms with Crippen LogP contribution in [0.15, 0.2) is 24.5 Å². The normalized spacial score (nSPS) is 12.5. The summed E-state index contributed by atoms with van der Waals surface area (Å²) in [6, 6.07) is 3.42. The zero-order valence-electron chi connectivity index (χ0n) is 6.12. The van der Waals surface area contributed by atoms with Crippen LogP contribution in [0.1, 0.15) is 17.3 Å². The fourth-order valence-electron chi connectivity index (χ4n) is 0.746. The van der Waals surface area contributed by atoms with Crippen LogP contribution in [0.5, 0.6) is 0 Å². The lowest BCUT2D eigenvalue weighted by molar-refractivity contribution is 0.0996. The van der Waals surface area contributed by atoms with E-state index in [-0.39, 0.29) is 10.6 Å². The quantitative estimate of drug-likeness (QED) is 0.557. The smallest absolute Gasteiger partial charge is 0.176 e. The Labute approximate surface area is 73.8 Å². The molecule has 0 N–H and O–H groups in total. The zero-order chi connectivity index (χ0) is 8.27. The second-order valence-electron chi connectivity index (χ2n) is 2.22. The minimum absolute atomic E-state index is 0.0902. The van der Waals surface area contributed by atoms with Crippen molar-refractivity contribution < 1.29 is 4.79 Å². The molecule has 0 saturated carbocycles. The van der Waals surface area contributed by atoms with E-state index in [0.717, 1.165) is 0 Å². The van der Waals surface area contributed by atoms with E-state index in [1.807, 2.05) is 6.92 Å². The first-order chi connectivity index (χ1) is 5.22. The van der Waals surface area contributed by atoms with Crippen LogP contribution in [0.4, 0.5) is 0 Å². The summed E-state index contributed by atoms with van der Waals surface area (Å²) in [6.07, 6.45) is 3.23. The molecule has 2 nitrogen and oxygen atoms in total. The van der Waals surface area contributed by atoms with Gasteiger partial charge in [-0.2, -0.15) is 0 Å². The first-order valence-electron chi connectivity index (χ1n) is 3.30. The molecule has 11 heavy (non-hydrogen) atoms. The molecule has 0 aliphatic heterocycles. The number of nitrogens with zero attached hydrogens (tertiary/aromatic N) is 1. The number of hydrogen-bond acceptors (Lipinski definition) is 2. The van der Waals surface area contributed by atoms with Gasteiger partial charge in [-0.1, -0.05) is 15.9 Å². The molecule has 1 rings (SSSR count). The van der Waals surface area contributed by atoms with Crippen LogP contribution < -0.4 is 0 Å². The molecule has 0 bridgehead atoms. The summed E-state index contributed by atoms with van der Waals surface area (Å²) in [7, 11) is 0. The molecule has 0 spiro atoms. The molecular formula is C8H8BrNO. The Morgan fingerprint density at radius 3 is 2.55 bits per heavy atom. The summed E-state index contributed by atoms with van der Waals surface area (Å²) < 4.78 is 0. The fourth-order valence-corrected chi connectivity index (χ4v) is 1.01. The first-order valence-corrected chi connectivity index (χ1v) is 4.21. The SMILES string of the molecule is CC(Br)C(=O)c1ccncc1. The van der Waals surface area contributed by atoms with Crippen molar-refractivity contribution in [1.29, 1.82) is 0 Å². The van der Waals surface area contributed by atoms with Crippen LogP contribution in [0.3, 0.4) is 0 Å². The maximum absolute atomic E-state index is 11.3. The number of ketones is 1. The third-order valence-electron chi connectivity index (χ3n) is 1.33. The molecule has 0 fully saturated rings. The average Bonchev–Trinajstić information content (AvgIpc) is 2.05. The lowest BCUT2D eigenvalue weighted by Crippen LogP contribution is -2.09. The third-order valence-corrected chi connectivity index (χ3v) is 1.74. The summed E-state index contributed by atoms with van der Waals surface area (Å²) in [4.78, 5) is 15.0. The van der Waals surface area contributed by atoms with E-state index in [0.29, 0.717) is 5.56 Å². The van der Waals surface area contributed by atoms with Gasteiger partial charge >= 0.3 is 0 Å². The summed E-state index contributed by atoms with van der Waals surface area (Å²) in [6.45, 7) is 1.81. The van der Waals surface area contributed by atoms with E-state index >= 15 is 0 Å². The maximum Gasteiger partial charge on any atom is 0.176 e. The topological polar surface area (TPSA) is 30.0 Å². The molecule has 1 heterocycles. The fraction of sp³-hybridized carbons (Fsp3) is 0.250. The molecule has 0 saturated heterocycles. The van der Waals surface area contributed by atoms with Gasteiger partial charge in [-0.15, -0.1) is 0 Å². The molecule has 1 unspecified atom stereocenters. The molecule has 0 radical (unpaired) electrons. The van der Waals surface area contributed by atoms with Gasteiger partial charge in [-0.3, -0.25) is 9.78 Å². The highest BCUT2D eigenvalue weighted by Crippen LogP contribution is 2.07. The lowest BCUT2D eigenvalue weighted by atomic mass is 10.1. The summed E-state index contributed by atoms with van der Waals surface area (Å²) >= 11 is 3.21. The van der Waals surface area contributed by atoms with Gasteiger partial charge in [0.2, 0.25) is 0 Å². The Bertz CT molecular complexity index is 246. The average molecular weight is 214 g/mol.